The van der Waals surface area contributed by atoms with Crippen LogP contribution in [0.4, 0.5) is 15.8 Å². The number of nitrogens with one attached hydrogen (secondary N) is 1. The molecule has 0 bridgehead atoms. The topological polar surface area (TPSA) is 62.3 Å². The molecule has 0 aliphatic rings. The van der Waals surface area contributed by atoms with Crippen LogP contribution in [0.2, 0.25) is 0 Å². The maximum atomic E-state index is 14.5. The van der Waals surface area contributed by atoms with Crippen LogP contribution in [-0.2, 0) is 0 Å². The molecular formula is C15H15BrFN3O. The molecule has 0 fully saturated rings. The Kier molecular flexibility index (Phi) is 4.47. The van der Waals surface area contributed by atoms with E-state index in [1.54, 1.807) is 31.2 Å². The number of anilines is 2. The minimum absolute atomic E-state index is 0.175. The second-order valence-electron chi connectivity index (χ2n) is 4.40. The number of nitrogen functional groups attached to an aromatic ring is 1. The van der Waals surface area contributed by atoms with Gasteiger partial charge in [-0.05, 0) is 40.2 Å². The number of halogens is 2. The van der Waals surface area contributed by atoms with Crippen molar-refractivity contribution in [2.24, 2.45) is 5.73 Å². The molecule has 0 unspecified atom stereocenters. The van der Waals surface area contributed by atoms with Crippen LogP contribution in [0, 0.1) is 11.2 Å². The average Bonchev–Trinajstić information content (AvgIpc) is 2.48. The fourth-order valence-corrected chi connectivity index (χ4v) is 2.59. The summed E-state index contributed by atoms with van der Waals surface area (Å²) < 4.78 is 20.0. The molecular weight excluding hydrogens is 337 g/mol. The minimum atomic E-state index is -0.476. The minimum Gasteiger partial charge on any atom is -0.495 e. The Hall–Kier alpha value is -2.08. The highest BCUT2D eigenvalue weighted by molar-refractivity contribution is 9.10. The molecule has 21 heavy (non-hydrogen) atoms. The maximum absolute atomic E-state index is 14.5. The normalized spacial score (nSPS) is 10.3. The molecule has 0 radical (unpaired) electrons. The molecule has 6 heteroatoms. The van der Waals surface area contributed by atoms with Crippen molar-refractivity contribution in [1.29, 1.82) is 5.41 Å². The van der Waals surface area contributed by atoms with Gasteiger partial charge in [-0.1, -0.05) is 12.1 Å². The van der Waals surface area contributed by atoms with Gasteiger partial charge in [0.2, 0.25) is 0 Å². The number of methoxy groups -OCH3 is 1. The Bertz CT molecular complexity index is 691. The van der Waals surface area contributed by atoms with Crippen molar-refractivity contribution < 1.29 is 9.13 Å². The van der Waals surface area contributed by atoms with Crippen LogP contribution in [0.15, 0.2) is 40.9 Å². The molecule has 0 spiro atoms. The number of rotatable bonds is 4. The first-order valence-electron chi connectivity index (χ1n) is 6.16. The van der Waals surface area contributed by atoms with Crippen molar-refractivity contribution in [2.75, 3.05) is 19.1 Å². The van der Waals surface area contributed by atoms with Crippen LogP contribution in [-0.4, -0.2) is 20.0 Å². The number of benzene rings is 2. The van der Waals surface area contributed by atoms with Crippen LogP contribution in [0.5, 0.6) is 5.75 Å². The van der Waals surface area contributed by atoms with Crippen LogP contribution in [0.3, 0.4) is 0 Å². The molecule has 2 aromatic rings. The quantitative estimate of drug-likeness (QED) is 0.652. The summed E-state index contributed by atoms with van der Waals surface area (Å²) in [4.78, 5) is 1.68. The molecule has 2 aromatic carbocycles. The van der Waals surface area contributed by atoms with Gasteiger partial charge in [0.25, 0.3) is 0 Å². The number of amidine groups is 1. The third-order valence-corrected chi connectivity index (χ3v) is 3.94. The van der Waals surface area contributed by atoms with Crippen molar-refractivity contribution in [3.05, 3.63) is 52.3 Å². The van der Waals surface area contributed by atoms with Gasteiger partial charge in [-0.25, -0.2) is 4.39 Å². The zero-order valence-corrected chi connectivity index (χ0v) is 13.2. The van der Waals surface area contributed by atoms with Gasteiger partial charge in [0.1, 0.15) is 11.6 Å². The van der Waals surface area contributed by atoms with E-state index in [9.17, 15) is 4.39 Å². The Morgan fingerprint density at radius 1 is 1.24 bits per heavy atom. The molecule has 0 saturated carbocycles. The Labute approximate surface area is 131 Å². The number of para-hydroxylation sites is 2. The lowest BCUT2D eigenvalue weighted by atomic mass is 10.1. The maximum Gasteiger partial charge on any atom is 0.161 e. The fraction of sp³-hybridized carbons (Fsp3) is 0.133. The molecule has 0 aromatic heterocycles. The number of nitrogens with zero attached hydrogens (tertiary/aromatic N) is 1. The first-order valence-corrected chi connectivity index (χ1v) is 6.95. The van der Waals surface area contributed by atoms with Gasteiger partial charge in [-0.3, -0.25) is 5.41 Å². The summed E-state index contributed by atoms with van der Waals surface area (Å²) in [5.41, 5.74) is 6.84. The van der Waals surface area contributed by atoms with Crippen molar-refractivity contribution in [3.8, 4) is 5.75 Å². The summed E-state index contributed by atoms with van der Waals surface area (Å²) in [6, 6.07) is 10.5. The zero-order chi connectivity index (χ0) is 15.6. The molecule has 0 amide bonds. The highest BCUT2D eigenvalue weighted by Crippen LogP contribution is 2.36. The Morgan fingerprint density at radius 2 is 1.90 bits per heavy atom. The molecule has 110 valence electrons. The number of hydrogen-bond acceptors (Lipinski definition) is 3. The van der Waals surface area contributed by atoms with Crippen molar-refractivity contribution in [3.63, 3.8) is 0 Å². The lowest BCUT2D eigenvalue weighted by molar-refractivity contribution is 0.415. The molecule has 0 aliphatic heterocycles. The van der Waals surface area contributed by atoms with E-state index < -0.39 is 5.82 Å². The molecule has 2 rings (SSSR count). The summed E-state index contributed by atoms with van der Waals surface area (Å²) in [7, 11) is 3.31. The van der Waals surface area contributed by atoms with E-state index >= 15 is 0 Å². The van der Waals surface area contributed by atoms with Crippen LogP contribution >= 0.6 is 15.9 Å². The number of hydrogen-bond donors (Lipinski definition) is 2. The van der Waals surface area contributed by atoms with Crippen molar-refractivity contribution in [1.82, 2.24) is 0 Å². The lowest BCUT2D eigenvalue weighted by Crippen LogP contribution is -2.16. The molecule has 4 nitrogen and oxygen atoms in total. The van der Waals surface area contributed by atoms with Gasteiger partial charge in [0, 0.05) is 12.6 Å². The summed E-state index contributed by atoms with van der Waals surface area (Å²) in [6.07, 6.45) is 0. The lowest BCUT2D eigenvalue weighted by Gasteiger charge is -2.23. The third kappa shape index (κ3) is 2.85. The van der Waals surface area contributed by atoms with Crippen LogP contribution in [0.1, 0.15) is 5.56 Å². The van der Waals surface area contributed by atoms with Crippen LogP contribution in [0.25, 0.3) is 0 Å². The first kappa shape index (κ1) is 15.3. The molecule has 0 aliphatic carbocycles. The monoisotopic (exact) mass is 351 g/mol. The van der Waals surface area contributed by atoms with E-state index in [2.05, 4.69) is 15.9 Å². The van der Waals surface area contributed by atoms with Crippen molar-refractivity contribution >= 4 is 33.1 Å². The largest absolute Gasteiger partial charge is 0.495 e. The van der Waals surface area contributed by atoms with E-state index in [1.807, 2.05) is 24.3 Å². The number of ether oxygens (including phenoxy) is 1. The first-order chi connectivity index (χ1) is 9.97. The van der Waals surface area contributed by atoms with E-state index in [0.29, 0.717) is 17.0 Å². The molecule has 3 N–H and O–H groups in total. The third-order valence-electron chi connectivity index (χ3n) is 3.16. The summed E-state index contributed by atoms with van der Waals surface area (Å²) in [6.45, 7) is 0. The van der Waals surface area contributed by atoms with Gasteiger partial charge in [0.05, 0.1) is 23.0 Å². The van der Waals surface area contributed by atoms with E-state index in [0.717, 1.165) is 5.69 Å². The predicted molar refractivity (Wildman–Crippen MR) is 86.2 cm³/mol. The van der Waals surface area contributed by atoms with E-state index in [1.165, 1.54) is 0 Å². The summed E-state index contributed by atoms with van der Waals surface area (Å²) in [5.74, 6) is -0.0189. The second kappa shape index (κ2) is 6.13. The highest BCUT2D eigenvalue weighted by atomic mass is 79.9. The van der Waals surface area contributed by atoms with Gasteiger partial charge in [-0.15, -0.1) is 0 Å². The fourth-order valence-electron chi connectivity index (χ4n) is 2.04. The Morgan fingerprint density at radius 3 is 2.52 bits per heavy atom. The Balaban J connectivity index is 2.52. The van der Waals surface area contributed by atoms with Gasteiger partial charge in [0.15, 0.2) is 5.82 Å². The van der Waals surface area contributed by atoms with Crippen LogP contribution < -0.4 is 15.4 Å². The molecule has 0 heterocycles. The average molecular weight is 352 g/mol. The molecule has 0 atom stereocenters. The van der Waals surface area contributed by atoms with Crippen molar-refractivity contribution in [2.45, 2.75) is 0 Å². The number of nitrogens with two attached hydrogens (primary N) is 1. The standard InChI is InChI=1S/C15H15BrFN3O/c1-20(10-5-3-4-6-12(10)21-2)11-8-7-9(15(18)19)13(16)14(11)17/h3-8H,1-2H3,(H3,18,19). The van der Waals surface area contributed by atoms with Gasteiger partial charge >= 0.3 is 0 Å². The smallest absolute Gasteiger partial charge is 0.161 e. The SMILES string of the molecule is COc1ccccc1N(C)c1ccc(C(=N)N)c(Br)c1F. The summed E-state index contributed by atoms with van der Waals surface area (Å²) in [5, 5.41) is 7.43. The van der Waals surface area contributed by atoms with E-state index in [-0.39, 0.29) is 10.3 Å². The predicted octanol–water partition coefficient (Wildman–Crippen LogP) is 3.65. The zero-order valence-electron chi connectivity index (χ0n) is 11.7. The second-order valence-corrected chi connectivity index (χ2v) is 5.20. The van der Waals surface area contributed by atoms with E-state index in [4.69, 9.17) is 15.9 Å². The molecule has 0 saturated heterocycles. The van der Waals surface area contributed by atoms with Gasteiger partial charge < -0.3 is 15.4 Å². The highest BCUT2D eigenvalue weighted by Gasteiger charge is 2.18. The van der Waals surface area contributed by atoms with Gasteiger partial charge in [-0.2, -0.15) is 0 Å². The summed E-state index contributed by atoms with van der Waals surface area (Å²) >= 11 is 3.15.